The van der Waals surface area contributed by atoms with E-state index in [-0.39, 0.29) is 12.2 Å². The Morgan fingerprint density at radius 3 is 3.11 bits per heavy atom. The molecule has 0 amide bonds. The monoisotopic (exact) mass is 253 g/mol. The minimum absolute atomic E-state index is 0.0685. The molecule has 4 nitrogen and oxygen atoms in total. The Hall–Kier alpha value is -0.940. The molecule has 1 saturated carbocycles. The number of halogens is 1. The highest BCUT2D eigenvalue weighted by Gasteiger charge is 2.30. The van der Waals surface area contributed by atoms with Crippen molar-refractivity contribution in [1.82, 2.24) is 15.1 Å². The van der Waals surface area contributed by atoms with E-state index in [4.69, 9.17) is 4.74 Å². The van der Waals surface area contributed by atoms with Crippen molar-refractivity contribution in [3.05, 3.63) is 18.0 Å². The third kappa shape index (κ3) is 2.42. The number of aromatic nitrogens is 2. The van der Waals surface area contributed by atoms with Crippen LogP contribution in [0.4, 0.5) is 4.39 Å². The van der Waals surface area contributed by atoms with Crippen LogP contribution >= 0.6 is 0 Å². The Labute approximate surface area is 107 Å². The van der Waals surface area contributed by atoms with Gasteiger partial charge in [0, 0.05) is 24.8 Å². The zero-order chi connectivity index (χ0) is 12.5. The van der Waals surface area contributed by atoms with E-state index in [0.29, 0.717) is 19.0 Å². The number of rotatable bonds is 4. The topological polar surface area (TPSA) is 39.1 Å². The SMILES string of the molecule is CCC(F)C1CNCC(c2cnn(C3CC3)c2)O1. The van der Waals surface area contributed by atoms with Gasteiger partial charge in [-0.3, -0.25) is 4.68 Å². The standard InChI is InChI=1S/C13H20FN3O/c1-2-11(14)13-7-15-6-12(18-13)9-5-16-17(8-9)10-3-4-10/h5,8,10-13,15H,2-4,6-7H2,1H3. The number of nitrogens with one attached hydrogen (secondary N) is 1. The van der Waals surface area contributed by atoms with Crippen LogP contribution in [-0.2, 0) is 4.74 Å². The van der Waals surface area contributed by atoms with Gasteiger partial charge >= 0.3 is 0 Å². The van der Waals surface area contributed by atoms with Crippen molar-refractivity contribution in [2.75, 3.05) is 13.1 Å². The zero-order valence-corrected chi connectivity index (χ0v) is 10.7. The first-order valence-corrected chi connectivity index (χ1v) is 6.82. The molecule has 1 aromatic rings. The second-order valence-corrected chi connectivity index (χ2v) is 5.23. The summed E-state index contributed by atoms with van der Waals surface area (Å²) in [5, 5.41) is 7.61. The predicted octanol–water partition coefficient (Wildman–Crippen LogP) is 2.00. The van der Waals surface area contributed by atoms with Crippen molar-refractivity contribution in [1.29, 1.82) is 0 Å². The Bertz CT molecular complexity index is 405. The molecule has 0 bridgehead atoms. The molecule has 2 aliphatic rings. The molecule has 5 heteroatoms. The van der Waals surface area contributed by atoms with E-state index >= 15 is 0 Å². The first-order valence-electron chi connectivity index (χ1n) is 6.82. The van der Waals surface area contributed by atoms with Crippen molar-refractivity contribution in [3.63, 3.8) is 0 Å². The van der Waals surface area contributed by atoms with Crippen molar-refractivity contribution in [2.45, 2.75) is 50.6 Å². The molecule has 1 aliphatic heterocycles. The Kier molecular flexibility index (Phi) is 3.35. The number of nitrogens with zero attached hydrogens (tertiary/aromatic N) is 2. The van der Waals surface area contributed by atoms with Crippen LogP contribution in [0.3, 0.4) is 0 Å². The molecule has 1 N–H and O–H groups in total. The lowest BCUT2D eigenvalue weighted by Crippen LogP contribution is -2.45. The maximum atomic E-state index is 13.7. The smallest absolute Gasteiger partial charge is 0.127 e. The molecule has 18 heavy (non-hydrogen) atoms. The lowest BCUT2D eigenvalue weighted by Gasteiger charge is -2.32. The first kappa shape index (κ1) is 12.1. The molecular weight excluding hydrogens is 233 g/mol. The summed E-state index contributed by atoms with van der Waals surface area (Å²) in [7, 11) is 0. The van der Waals surface area contributed by atoms with Crippen molar-refractivity contribution >= 4 is 0 Å². The fourth-order valence-electron chi connectivity index (χ4n) is 2.39. The number of hydrogen-bond acceptors (Lipinski definition) is 3. The Morgan fingerprint density at radius 2 is 2.39 bits per heavy atom. The summed E-state index contributed by atoms with van der Waals surface area (Å²) >= 11 is 0. The van der Waals surface area contributed by atoms with E-state index in [2.05, 4.69) is 10.4 Å². The van der Waals surface area contributed by atoms with Gasteiger partial charge in [0.15, 0.2) is 0 Å². The number of morpholine rings is 1. The first-order chi connectivity index (χ1) is 8.78. The third-order valence-corrected chi connectivity index (χ3v) is 3.72. The molecule has 1 aromatic heterocycles. The lowest BCUT2D eigenvalue weighted by molar-refractivity contribution is -0.0752. The van der Waals surface area contributed by atoms with Gasteiger partial charge in [0.2, 0.25) is 0 Å². The highest BCUT2D eigenvalue weighted by atomic mass is 19.1. The molecule has 0 radical (unpaired) electrons. The van der Waals surface area contributed by atoms with Gasteiger partial charge in [-0.1, -0.05) is 6.92 Å². The molecule has 1 saturated heterocycles. The molecule has 2 heterocycles. The van der Waals surface area contributed by atoms with Crippen LogP contribution < -0.4 is 5.32 Å². The maximum Gasteiger partial charge on any atom is 0.127 e. The molecule has 3 rings (SSSR count). The van der Waals surface area contributed by atoms with Gasteiger partial charge in [-0.05, 0) is 19.3 Å². The minimum Gasteiger partial charge on any atom is -0.364 e. The molecule has 0 aromatic carbocycles. The van der Waals surface area contributed by atoms with Gasteiger partial charge in [0.05, 0.1) is 18.3 Å². The second kappa shape index (κ2) is 4.97. The highest BCUT2D eigenvalue weighted by Crippen LogP contribution is 2.35. The van der Waals surface area contributed by atoms with Gasteiger partial charge in [0.25, 0.3) is 0 Å². The Morgan fingerprint density at radius 1 is 1.56 bits per heavy atom. The number of hydrogen-bond donors (Lipinski definition) is 1. The third-order valence-electron chi connectivity index (χ3n) is 3.72. The lowest BCUT2D eigenvalue weighted by atomic mass is 10.1. The van der Waals surface area contributed by atoms with Gasteiger partial charge < -0.3 is 10.1 Å². The van der Waals surface area contributed by atoms with E-state index in [1.54, 1.807) is 0 Å². The number of ether oxygens (including phenoxy) is 1. The summed E-state index contributed by atoms with van der Waals surface area (Å²) in [6.07, 6.45) is 5.54. The average molecular weight is 253 g/mol. The fourth-order valence-corrected chi connectivity index (χ4v) is 2.39. The summed E-state index contributed by atoms with van der Waals surface area (Å²) < 4.78 is 21.5. The van der Waals surface area contributed by atoms with Gasteiger partial charge in [-0.2, -0.15) is 5.10 Å². The minimum atomic E-state index is -0.890. The molecule has 100 valence electrons. The van der Waals surface area contributed by atoms with Crippen LogP contribution in [-0.4, -0.2) is 35.1 Å². The summed E-state index contributed by atoms with van der Waals surface area (Å²) in [6, 6.07) is 0.579. The predicted molar refractivity (Wildman–Crippen MR) is 66.2 cm³/mol. The summed E-state index contributed by atoms with van der Waals surface area (Å²) in [5.41, 5.74) is 1.06. The van der Waals surface area contributed by atoms with Crippen LogP contribution in [0.5, 0.6) is 0 Å². The largest absolute Gasteiger partial charge is 0.364 e. The highest BCUT2D eigenvalue weighted by molar-refractivity contribution is 5.11. The van der Waals surface area contributed by atoms with E-state index in [0.717, 1.165) is 12.1 Å². The normalized spacial score (nSPS) is 30.3. The van der Waals surface area contributed by atoms with E-state index in [1.807, 2.05) is 24.0 Å². The van der Waals surface area contributed by atoms with Gasteiger partial charge in [-0.25, -0.2) is 4.39 Å². The van der Waals surface area contributed by atoms with Crippen LogP contribution in [0.25, 0.3) is 0 Å². The van der Waals surface area contributed by atoms with Crippen molar-refractivity contribution < 1.29 is 9.13 Å². The zero-order valence-electron chi connectivity index (χ0n) is 10.7. The van der Waals surface area contributed by atoms with Crippen LogP contribution in [0.1, 0.15) is 43.9 Å². The van der Waals surface area contributed by atoms with Gasteiger partial charge in [0.1, 0.15) is 12.3 Å². The van der Waals surface area contributed by atoms with Crippen LogP contribution in [0.2, 0.25) is 0 Å². The molecule has 3 unspecified atom stereocenters. The molecule has 3 atom stereocenters. The van der Waals surface area contributed by atoms with Crippen molar-refractivity contribution in [2.24, 2.45) is 0 Å². The second-order valence-electron chi connectivity index (χ2n) is 5.23. The maximum absolute atomic E-state index is 13.7. The molecular formula is C13H20FN3O. The number of alkyl halides is 1. The van der Waals surface area contributed by atoms with E-state index in [9.17, 15) is 4.39 Å². The fraction of sp³-hybridized carbons (Fsp3) is 0.769. The molecule has 1 aliphatic carbocycles. The van der Waals surface area contributed by atoms with Crippen LogP contribution in [0.15, 0.2) is 12.4 Å². The quantitative estimate of drug-likeness (QED) is 0.892. The van der Waals surface area contributed by atoms with E-state index in [1.165, 1.54) is 12.8 Å². The van der Waals surface area contributed by atoms with Crippen LogP contribution in [0, 0.1) is 0 Å². The summed E-state index contributed by atoms with van der Waals surface area (Å²) in [4.78, 5) is 0. The molecule has 0 spiro atoms. The average Bonchev–Trinajstić information content (AvgIpc) is 3.15. The molecule has 2 fully saturated rings. The summed E-state index contributed by atoms with van der Waals surface area (Å²) in [6.45, 7) is 3.19. The van der Waals surface area contributed by atoms with Gasteiger partial charge in [-0.15, -0.1) is 0 Å². The summed E-state index contributed by atoms with van der Waals surface area (Å²) in [5.74, 6) is 0. The van der Waals surface area contributed by atoms with Crippen molar-refractivity contribution in [3.8, 4) is 0 Å². The Balaban J connectivity index is 1.66. The van der Waals surface area contributed by atoms with E-state index < -0.39 is 6.17 Å².